The standard InChI is InChI=1S/C20H31NO2/c1-14(2)18-9-8-15(3)12-19(18)20(22)21-11-10-16-6-5-7-17(13-16)23-4/h5-7,13-15,18-19H,8-12H2,1-4H3,(H,21,22)/t15-,18+,19-/m1/s1. The predicted octanol–water partition coefficient (Wildman–Crippen LogP) is 4.06. The van der Waals surface area contributed by atoms with E-state index in [2.05, 4.69) is 32.2 Å². The van der Waals surface area contributed by atoms with Crippen LogP contribution in [-0.4, -0.2) is 19.6 Å². The Balaban J connectivity index is 1.87. The zero-order chi connectivity index (χ0) is 16.8. The normalized spacial score (nSPS) is 24.5. The van der Waals surface area contributed by atoms with Crippen LogP contribution in [0.1, 0.15) is 45.6 Å². The summed E-state index contributed by atoms with van der Waals surface area (Å²) in [6.07, 6.45) is 4.33. The molecule has 1 N–H and O–H groups in total. The summed E-state index contributed by atoms with van der Waals surface area (Å²) in [6.45, 7) is 7.46. The molecule has 3 atom stereocenters. The molecule has 3 heteroatoms. The van der Waals surface area contributed by atoms with E-state index in [1.165, 1.54) is 18.4 Å². The maximum absolute atomic E-state index is 12.6. The van der Waals surface area contributed by atoms with Crippen LogP contribution in [0.25, 0.3) is 0 Å². The Morgan fingerprint density at radius 1 is 1.35 bits per heavy atom. The molecule has 1 aliphatic rings. The fourth-order valence-electron chi connectivity index (χ4n) is 3.79. The third-order valence-electron chi connectivity index (χ3n) is 5.21. The van der Waals surface area contributed by atoms with Crippen molar-refractivity contribution in [1.82, 2.24) is 5.32 Å². The Hall–Kier alpha value is -1.51. The number of hydrogen-bond donors (Lipinski definition) is 1. The van der Waals surface area contributed by atoms with Gasteiger partial charge in [0.1, 0.15) is 5.75 Å². The van der Waals surface area contributed by atoms with Crippen LogP contribution in [-0.2, 0) is 11.2 Å². The quantitative estimate of drug-likeness (QED) is 0.859. The average Bonchev–Trinajstić information content (AvgIpc) is 2.54. The Morgan fingerprint density at radius 2 is 2.13 bits per heavy atom. The molecule has 0 heterocycles. The zero-order valence-corrected chi connectivity index (χ0v) is 15.0. The van der Waals surface area contributed by atoms with Crippen molar-refractivity contribution in [3.05, 3.63) is 29.8 Å². The molecule has 0 radical (unpaired) electrons. The topological polar surface area (TPSA) is 38.3 Å². The van der Waals surface area contributed by atoms with Gasteiger partial charge in [-0.3, -0.25) is 4.79 Å². The number of methoxy groups -OCH3 is 1. The van der Waals surface area contributed by atoms with Gasteiger partial charge >= 0.3 is 0 Å². The van der Waals surface area contributed by atoms with Crippen molar-refractivity contribution in [2.24, 2.45) is 23.7 Å². The maximum Gasteiger partial charge on any atom is 0.223 e. The minimum absolute atomic E-state index is 0.184. The number of carbonyl (C=O) groups excluding carboxylic acids is 1. The Morgan fingerprint density at radius 3 is 2.83 bits per heavy atom. The molecule has 23 heavy (non-hydrogen) atoms. The molecule has 1 aromatic carbocycles. The Bertz CT molecular complexity index is 512. The van der Waals surface area contributed by atoms with Gasteiger partial charge in [0, 0.05) is 12.5 Å². The molecule has 3 nitrogen and oxygen atoms in total. The van der Waals surface area contributed by atoms with Crippen LogP contribution < -0.4 is 10.1 Å². The zero-order valence-electron chi connectivity index (χ0n) is 15.0. The number of amides is 1. The predicted molar refractivity (Wildman–Crippen MR) is 94.5 cm³/mol. The van der Waals surface area contributed by atoms with Crippen LogP contribution >= 0.6 is 0 Å². The second kappa shape index (κ2) is 8.37. The summed E-state index contributed by atoms with van der Waals surface area (Å²) >= 11 is 0. The van der Waals surface area contributed by atoms with E-state index in [1.807, 2.05) is 18.2 Å². The molecule has 1 saturated carbocycles. The lowest BCUT2D eigenvalue weighted by molar-refractivity contribution is -0.129. The Kier molecular flexibility index (Phi) is 6.49. The van der Waals surface area contributed by atoms with E-state index in [1.54, 1.807) is 7.11 Å². The summed E-state index contributed by atoms with van der Waals surface area (Å²) in [7, 11) is 1.68. The molecular formula is C20H31NO2. The number of carbonyl (C=O) groups is 1. The van der Waals surface area contributed by atoms with Gasteiger partial charge in [0.2, 0.25) is 5.91 Å². The van der Waals surface area contributed by atoms with Gasteiger partial charge in [-0.15, -0.1) is 0 Å². The van der Waals surface area contributed by atoms with Crippen LogP contribution in [0, 0.1) is 23.7 Å². The average molecular weight is 317 g/mol. The maximum atomic E-state index is 12.6. The lowest BCUT2D eigenvalue weighted by Gasteiger charge is -2.36. The van der Waals surface area contributed by atoms with Gasteiger partial charge in [0.25, 0.3) is 0 Å². The highest BCUT2D eigenvalue weighted by Crippen LogP contribution is 2.38. The van der Waals surface area contributed by atoms with Crippen LogP contribution in [0.15, 0.2) is 24.3 Å². The van der Waals surface area contributed by atoms with E-state index in [0.29, 0.717) is 24.3 Å². The highest BCUT2D eigenvalue weighted by atomic mass is 16.5. The number of nitrogens with one attached hydrogen (secondary N) is 1. The first kappa shape index (κ1) is 17.8. The molecule has 0 spiro atoms. The fourth-order valence-corrected chi connectivity index (χ4v) is 3.79. The first-order valence-electron chi connectivity index (χ1n) is 8.92. The van der Waals surface area contributed by atoms with Gasteiger partial charge in [-0.2, -0.15) is 0 Å². The van der Waals surface area contributed by atoms with E-state index in [-0.39, 0.29) is 11.8 Å². The summed E-state index contributed by atoms with van der Waals surface area (Å²) < 4.78 is 5.24. The summed E-state index contributed by atoms with van der Waals surface area (Å²) in [5.74, 6) is 3.08. The third-order valence-corrected chi connectivity index (χ3v) is 5.21. The minimum Gasteiger partial charge on any atom is -0.497 e. The third kappa shape index (κ3) is 4.98. The largest absolute Gasteiger partial charge is 0.497 e. The van der Waals surface area contributed by atoms with E-state index < -0.39 is 0 Å². The van der Waals surface area contributed by atoms with Crippen LogP contribution in [0.2, 0.25) is 0 Å². The number of hydrogen-bond acceptors (Lipinski definition) is 2. The summed E-state index contributed by atoms with van der Waals surface area (Å²) in [5.41, 5.74) is 1.20. The second-order valence-corrected chi connectivity index (χ2v) is 7.33. The van der Waals surface area contributed by atoms with Crippen molar-refractivity contribution in [2.45, 2.75) is 46.5 Å². The van der Waals surface area contributed by atoms with E-state index in [0.717, 1.165) is 18.6 Å². The van der Waals surface area contributed by atoms with Gasteiger partial charge in [-0.1, -0.05) is 39.3 Å². The molecule has 0 aliphatic heterocycles. The lowest BCUT2D eigenvalue weighted by Crippen LogP contribution is -2.40. The molecule has 1 aromatic rings. The molecule has 0 bridgehead atoms. The first-order valence-corrected chi connectivity index (χ1v) is 8.92. The molecule has 0 aromatic heterocycles. The second-order valence-electron chi connectivity index (χ2n) is 7.33. The molecule has 0 saturated heterocycles. The van der Waals surface area contributed by atoms with Gasteiger partial charge in [0.15, 0.2) is 0 Å². The van der Waals surface area contributed by atoms with Gasteiger partial charge in [0.05, 0.1) is 7.11 Å². The summed E-state index contributed by atoms with van der Waals surface area (Å²) in [5, 5.41) is 3.16. The van der Waals surface area contributed by atoms with Crippen LogP contribution in [0.4, 0.5) is 0 Å². The molecule has 1 aliphatic carbocycles. The number of ether oxygens (including phenoxy) is 1. The van der Waals surface area contributed by atoms with E-state index >= 15 is 0 Å². The van der Waals surface area contributed by atoms with Gasteiger partial charge < -0.3 is 10.1 Å². The highest BCUT2D eigenvalue weighted by molar-refractivity contribution is 5.79. The molecule has 128 valence electrons. The van der Waals surface area contributed by atoms with Gasteiger partial charge in [-0.25, -0.2) is 0 Å². The number of rotatable bonds is 6. The van der Waals surface area contributed by atoms with Crippen LogP contribution in [0.5, 0.6) is 5.75 Å². The van der Waals surface area contributed by atoms with Crippen molar-refractivity contribution in [1.29, 1.82) is 0 Å². The van der Waals surface area contributed by atoms with Crippen molar-refractivity contribution in [2.75, 3.05) is 13.7 Å². The van der Waals surface area contributed by atoms with Crippen molar-refractivity contribution >= 4 is 5.91 Å². The van der Waals surface area contributed by atoms with Crippen molar-refractivity contribution < 1.29 is 9.53 Å². The SMILES string of the molecule is COc1cccc(CCNC(=O)[C@@H]2C[C@H](C)CC[C@H]2C(C)C)c1. The number of benzene rings is 1. The monoisotopic (exact) mass is 317 g/mol. The molecular weight excluding hydrogens is 286 g/mol. The molecule has 1 fully saturated rings. The van der Waals surface area contributed by atoms with Crippen molar-refractivity contribution in [3.8, 4) is 5.75 Å². The first-order chi connectivity index (χ1) is 11.0. The lowest BCUT2D eigenvalue weighted by atomic mass is 9.70. The summed E-state index contributed by atoms with van der Waals surface area (Å²) in [4.78, 5) is 12.6. The minimum atomic E-state index is 0.184. The smallest absolute Gasteiger partial charge is 0.223 e. The van der Waals surface area contributed by atoms with E-state index in [4.69, 9.17) is 4.74 Å². The fraction of sp³-hybridized carbons (Fsp3) is 0.650. The Labute approximate surface area is 140 Å². The molecule has 1 amide bonds. The van der Waals surface area contributed by atoms with Crippen LogP contribution in [0.3, 0.4) is 0 Å². The van der Waals surface area contributed by atoms with Gasteiger partial charge in [-0.05, 0) is 54.7 Å². The van der Waals surface area contributed by atoms with Crippen molar-refractivity contribution in [3.63, 3.8) is 0 Å². The molecule has 2 rings (SSSR count). The molecule has 0 unspecified atom stereocenters. The summed E-state index contributed by atoms with van der Waals surface area (Å²) in [6, 6.07) is 8.05. The highest BCUT2D eigenvalue weighted by Gasteiger charge is 2.35. The van der Waals surface area contributed by atoms with E-state index in [9.17, 15) is 4.79 Å².